The largest absolute Gasteiger partial charge is 0.497 e. The minimum Gasteiger partial charge on any atom is -0.497 e. The number of methoxy groups -OCH3 is 1. The molecule has 1 heterocycles. The predicted octanol–water partition coefficient (Wildman–Crippen LogP) is 4.59. The van der Waals surface area contributed by atoms with Crippen LogP contribution in [0.1, 0.15) is 65.5 Å². The number of carbonyl (C=O) groups excluding carboxylic acids is 1. The predicted molar refractivity (Wildman–Crippen MR) is 101 cm³/mol. The van der Waals surface area contributed by atoms with Crippen molar-refractivity contribution in [2.24, 2.45) is 5.92 Å². The van der Waals surface area contributed by atoms with Gasteiger partial charge in [0, 0.05) is 19.1 Å². The van der Waals surface area contributed by atoms with Gasteiger partial charge in [-0.15, -0.1) is 0 Å². The first-order valence-corrected chi connectivity index (χ1v) is 9.38. The maximum absolute atomic E-state index is 12.9. The van der Waals surface area contributed by atoms with Crippen LogP contribution < -0.4 is 4.74 Å². The summed E-state index contributed by atoms with van der Waals surface area (Å²) in [7, 11) is 1.67. The Bertz CT molecular complexity index is 565. The van der Waals surface area contributed by atoms with Gasteiger partial charge in [0.1, 0.15) is 5.75 Å². The van der Waals surface area contributed by atoms with E-state index in [4.69, 9.17) is 9.47 Å². The van der Waals surface area contributed by atoms with Crippen LogP contribution in [0.3, 0.4) is 0 Å². The van der Waals surface area contributed by atoms with Crippen LogP contribution in [0.25, 0.3) is 0 Å². The molecule has 0 spiro atoms. The van der Waals surface area contributed by atoms with E-state index in [9.17, 15) is 4.79 Å². The van der Waals surface area contributed by atoms with Crippen LogP contribution in [-0.2, 0) is 9.53 Å². The average molecular weight is 347 g/mol. The number of hydrogen-bond donors (Lipinski definition) is 0. The van der Waals surface area contributed by atoms with Crippen molar-refractivity contribution in [3.05, 3.63) is 29.8 Å². The second-order valence-electron chi connectivity index (χ2n) is 7.87. The van der Waals surface area contributed by atoms with Crippen molar-refractivity contribution in [2.75, 3.05) is 13.7 Å². The molecule has 2 rings (SSSR count). The van der Waals surface area contributed by atoms with Crippen molar-refractivity contribution in [3.8, 4) is 5.75 Å². The molecular weight excluding hydrogens is 314 g/mol. The monoisotopic (exact) mass is 347 g/mol. The fourth-order valence-electron chi connectivity index (χ4n) is 3.87. The van der Waals surface area contributed by atoms with Crippen LogP contribution >= 0.6 is 0 Å². The molecule has 0 radical (unpaired) electrons. The molecule has 1 aromatic rings. The molecule has 1 aliphatic rings. The molecule has 0 aromatic heterocycles. The number of nitrogens with zero attached hydrogens (tertiary/aromatic N) is 1. The molecule has 0 aliphatic carbocycles. The number of carbonyl (C=O) groups is 1. The van der Waals surface area contributed by atoms with Crippen molar-refractivity contribution < 1.29 is 14.3 Å². The summed E-state index contributed by atoms with van der Waals surface area (Å²) < 4.78 is 11.2. The molecule has 1 fully saturated rings. The van der Waals surface area contributed by atoms with E-state index in [0.717, 1.165) is 18.6 Å². The van der Waals surface area contributed by atoms with E-state index in [-0.39, 0.29) is 23.6 Å². The second kappa shape index (κ2) is 8.22. The van der Waals surface area contributed by atoms with Gasteiger partial charge in [0.25, 0.3) is 0 Å². The van der Waals surface area contributed by atoms with Crippen LogP contribution in [0.15, 0.2) is 24.3 Å². The molecule has 25 heavy (non-hydrogen) atoms. The molecule has 1 amide bonds. The molecule has 0 saturated carbocycles. The van der Waals surface area contributed by atoms with Crippen LogP contribution in [-0.4, -0.2) is 36.2 Å². The third-order valence-corrected chi connectivity index (χ3v) is 5.04. The minimum absolute atomic E-state index is 0.0669. The molecule has 1 saturated heterocycles. The average Bonchev–Trinajstić information content (AvgIpc) is 2.57. The Morgan fingerprint density at radius 1 is 1.32 bits per heavy atom. The quantitative estimate of drug-likeness (QED) is 0.755. The summed E-state index contributed by atoms with van der Waals surface area (Å²) >= 11 is 0. The molecule has 0 N–H and O–H groups in total. The zero-order valence-electron chi connectivity index (χ0n) is 16.5. The third kappa shape index (κ3) is 4.75. The molecule has 1 aliphatic heterocycles. The minimum atomic E-state index is -0.184. The maximum atomic E-state index is 12.9. The van der Waals surface area contributed by atoms with Gasteiger partial charge in [-0.3, -0.25) is 4.79 Å². The Labute approximate surface area is 152 Å². The van der Waals surface area contributed by atoms with E-state index in [0.29, 0.717) is 18.9 Å². The molecule has 1 aromatic carbocycles. The Morgan fingerprint density at radius 3 is 2.44 bits per heavy atom. The maximum Gasteiger partial charge on any atom is 0.223 e. The Morgan fingerprint density at radius 2 is 1.96 bits per heavy atom. The second-order valence-corrected chi connectivity index (χ2v) is 7.87. The Hall–Kier alpha value is -1.55. The first-order chi connectivity index (χ1) is 11.8. The molecular formula is C21H33NO3. The first-order valence-electron chi connectivity index (χ1n) is 9.38. The van der Waals surface area contributed by atoms with Crippen LogP contribution in [0.5, 0.6) is 5.75 Å². The van der Waals surface area contributed by atoms with E-state index in [1.165, 1.54) is 5.56 Å². The lowest BCUT2D eigenvalue weighted by atomic mass is 9.87. The van der Waals surface area contributed by atoms with Crippen molar-refractivity contribution in [3.63, 3.8) is 0 Å². The molecule has 4 nitrogen and oxygen atoms in total. The summed E-state index contributed by atoms with van der Waals surface area (Å²) in [6.07, 6.45) is 2.30. The molecule has 140 valence electrons. The van der Waals surface area contributed by atoms with E-state index in [1.807, 2.05) is 19.1 Å². The van der Waals surface area contributed by atoms with Crippen molar-refractivity contribution in [1.82, 2.24) is 4.90 Å². The zero-order chi connectivity index (χ0) is 18.6. The number of benzene rings is 1. The smallest absolute Gasteiger partial charge is 0.223 e. The lowest BCUT2D eigenvalue weighted by Gasteiger charge is -2.46. The number of amides is 1. The van der Waals surface area contributed by atoms with Gasteiger partial charge >= 0.3 is 0 Å². The van der Waals surface area contributed by atoms with Gasteiger partial charge in [-0.05, 0) is 50.3 Å². The highest BCUT2D eigenvalue weighted by Crippen LogP contribution is 2.37. The van der Waals surface area contributed by atoms with Crippen molar-refractivity contribution in [1.29, 1.82) is 0 Å². The Balaban J connectivity index is 2.38. The standard InChI is InChI=1S/C21H33NO3/c1-7-19(23)22(17-12-13-25-21(4,5)14-17)20(15(2)3)16-8-10-18(24-6)11-9-16/h8-11,15,17,20H,7,12-14H2,1-6H3/t17-,20+/m0/s1. The van der Waals surface area contributed by atoms with E-state index < -0.39 is 0 Å². The van der Waals surface area contributed by atoms with E-state index in [1.54, 1.807) is 7.11 Å². The fraction of sp³-hybridized carbons (Fsp3) is 0.667. The highest BCUT2D eigenvalue weighted by molar-refractivity contribution is 5.77. The summed E-state index contributed by atoms with van der Waals surface area (Å²) in [4.78, 5) is 15.1. The van der Waals surface area contributed by atoms with Crippen molar-refractivity contribution >= 4 is 5.91 Å². The number of hydrogen-bond acceptors (Lipinski definition) is 3. The fourth-order valence-corrected chi connectivity index (χ4v) is 3.87. The van der Waals surface area contributed by atoms with Gasteiger partial charge in [0.05, 0.1) is 18.8 Å². The van der Waals surface area contributed by atoms with E-state index >= 15 is 0 Å². The lowest BCUT2D eigenvalue weighted by molar-refractivity contribution is -0.145. The van der Waals surface area contributed by atoms with Crippen LogP contribution in [0.4, 0.5) is 0 Å². The third-order valence-electron chi connectivity index (χ3n) is 5.04. The summed E-state index contributed by atoms with van der Waals surface area (Å²) in [5.41, 5.74) is 0.985. The van der Waals surface area contributed by atoms with Crippen LogP contribution in [0, 0.1) is 5.92 Å². The summed E-state index contributed by atoms with van der Waals surface area (Å²) in [5, 5.41) is 0. The van der Waals surface area contributed by atoms with Gasteiger partial charge in [-0.2, -0.15) is 0 Å². The summed E-state index contributed by atoms with van der Waals surface area (Å²) in [6, 6.07) is 8.41. The first kappa shape index (κ1) is 19.8. The summed E-state index contributed by atoms with van der Waals surface area (Å²) in [5.74, 6) is 1.39. The van der Waals surface area contributed by atoms with Gasteiger partial charge < -0.3 is 14.4 Å². The highest BCUT2D eigenvalue weighted by atomic mass is 16.5. The number of ether oxygens (including phenoxy) is 2. The molecule has 0 bridgehead atoms. The topological polar surface area (TPSA) is 38.8 Å². The normalized spacial score (nSPS) is 21.0. The van der Waals surface area contributed by atoms with Gasteiger partial charge in [-0.1, -0.05) is 32.9 Å². The van der Waals surface area contributed by atoms with Gasteiger partial charge in [0.15, 0.2) is 0 Å². The SMILES string of the molecule is CCC(=O)N([C@H]1CCOC(C)(C)C1)[C@@H](c1ccc(OC)cc1)C(C)C. The lowest BCUT2D eigenvalue weighted by Crippen LogP contribution is -2.50. The van der Waals surface area contributed by atoms with Gasteiger partial charge in [-0.25, -0.2) is 0 Å². The van der Waals surface area contributed by atoms with Crippen molar-refractivity contribution in [2.45, 2.75) is 71.6 Å². The number of rotatable bonds is 6. The molecule has 2 atom stereocenters. The Kier molecular flexibility index (Phi) is 6.50. The molecule has 0 unspecified atom stereocenters. The molecule has 4 heteroatoms. The zero-order valence-corrected chi connectivity index (χ0v) is 16.5. The van der Waals surface area contributed by atoms with Gasteiger partial charge in [0.2, 0.25) is 5.91 Å². The van der Waals surface area contributed by atoms with Crippen LogP contribution in [0.2, 0.25) is 0 Å². The van der Waals surface area contributed by atoms with E-state index in [2.05, 4.69) is 44.7 Å². The summed E-state index contributed by atoms with van der Waals surface area (Å²) in [6.45, 7) is 11.3. The highest BCUT2D eigenvalue weighted by Gasteiger charge is 2.38.